The van der Waals surface area contributed by atoms with Crippen LogP contribution in [0.5, 0.6) is 11.5 Å². The second-order valence-corrected chi connectivity index (χ2v) is 5.80. The molecule has 7 heteroatoms. The van der Waals surface area contributed by atoms with Gasteiger partial charge in [-0.1, -0.05) is 30.3 Å². The normalized spacial score (nSPS) is 11.4. The zero-order chi connectivity index (χ0) is 19.6. The fraction of sp³-hybridized carbons (Fsp3) is 0.350. The van der Waals surface area contributed by atoms with Crippen LogP contribution < -0.4 is 20.1 Å². The molecule has 0 unspecified atom stereocenters. The first-order valence-electron chi connectivity index (χ1n) is 8.73. The lowest BCUT2D eigenvalue weighted by Crippen LogP contribution is -2.36. The molecule has 2 rings (SSSR count). The third-order valence-electron chi connectivity index (χ3n) is 3.92. The summed E-state index contributed by atoms with van der Waals surface area (Å²) in [6.45, 7) is 2.42. The van der Waals surface area contributed by atoms with Gasteiger partial charge in [0.15, 0.2) is 17.5 Å². The van der Waals surface area contributed by atoms with E-state index in [0.717, 1.165) is 5.56 Å². The van der Waals surface area contributed by atoms with Crippen molar-refractivity contribution < 1.29 is 18.3 Å². The number of aryl methyl sites for hydroxylation is 1. The standard InChI is InChI=1S/C20H25F2N3O2/c1-4-26-18-11-15(9-10-17(18)27-19(21)22)12-24-20(23-3)25-13-16-8-6-5-7-14(16)2/h5-11,19H,4,12-13H2,1-3H3,(H2,23,24,25). The number of hydrogen-bond acceptors (Lipinski definition) is 3. The van der Waals surface area contributed by atoms with Gasteiger partial charge in [-0.25, -0.2) is 0 Å². The summed E-state index contributed by atoms with van der Waals surface area (Å²) in [5, 5.41) is 6.46. The van der Waals surface area contributed by atoms with Crippen molar-refractivity contribution in [3.63, 3.8) is 0 Å². The van der Waals surface area contributed by atoms with Crippen LogP contribution in [0.2, 0.25) is 0 Å². The van der Waals surface area contributed by atoms with Crippen molar-refractivity contribution in [3.05, 3.63) is 59.2 Å². The highest BCUT2D eigenvalue weighted by Gasteiger charge is 2.12. The molecule has 0 aromatic heterocycles. The molecule has 0 bridgehead atoms. The van der Waals surface area contributed by atoms with Gasteiger partial charge in [-0.3, -0.25) is 4.99 Å². The highest BCUT2D eigenvalue weighted by atomic mass is 19.3. The van der Waals surface area contributed by atoms with Crippen molar-refractivity contribution in [1.82, 2.24) is 10.6 Å². The number of alkyl halides is 2. The first-order valence-corrected chi connectivity index (χ1v) is 8.73. The molecule has 0 fully saturated rings. The second-order valence-electron chi connectivity index (χ2n) is 5.80. The van der Waals surface area contributed by atoms with E-state index in [9.17, 15) is 8.78 Å². The largest absolute Gasteiger partial charge is 0.490 e. The molecule has 27 heavy (non-hydrogen) atoms. The van der Waals surface area contributed by atoms with Crippen LogP contribution >= 0.6 is 0 Å². The van der Waals surface area contributed by atoms with E-state index in [2.05, 4.69) is 39.4 Å². The number of benzene rings is 2. The lowest BCUT2D eigenvalue weighted by atomic mass is 10.1. The van der Waals surface area contributed by atoms with Crippen LogP contribution in [0.15, 0.2) is 47.5 Å². The zero-order valence-electron chi connectivity index (χ0n) is 15.8. The maximum absolute atomic E-state index is 12.5. The minimum atomic E-state index is -2.89. The Morgan fingerprint density at radius 1 is 1.07 bits per heavy atom. The number of hydrogen-bond donors (Lipinski definition) is 2. The Hall–Kier alpha value is -2.83. The quantitative estimate of drug-likeness (QED) is 0.542. The van der Waals surface area contributed by atoms with Crippen LogP contribution in [0.4, 0.5) is 8.78 Å². The fourth-order valence-corrected chi connectivity index (χ4v) is 2.52. The van der Waals surface area contributed by atoms with E-state index < -0.39 is 6.61 Å². The van der Waals surface area contributed by atoms with Gasteiger partial charge in [-0.15, -0.1) is 0 Å². The first kappa shape index (κ1) is 20.5. The Bertz CT molecular complexity index is 767. The maximum Gasteiger partial charge on any atom is 0.387 e. The predicted octanol–water partition coefficient (Wildman–Crippen LogP) is 3.86. The number of rotatable bonds is 8. The van der Waals surface area contributed by atoms with E-state index >= 15 is 0 Å². The molecule has 0 saturated heterocycles. The van der Waals surface area contributed by atoms with Crippen molar-refractivity contribution in [2.45, 2.75) is 33.5 Å². The number of guanidine groups is 1. The Morgan fingerprint density at radius 3 is 2.48 bits per heavy atom. The number of nitrogens with one attached hydrogen (secondary N) is 2. The van der Waals surface area contributed by atoms with E-state index in [1.807, 2.05) is 12.1 Å². The summed E-state index contributed by atoms with van der Waals surface area (Å²) in [6, 6.07) is 13.0. The minimum Gasteiger partial charge on any atom is -0.490 e. The summed E-state index contributed by atoms with van der Waals surface area (Å²) in [5.41, 5.74) is 3.25. The molecule has 5 nitrogen and oxygen atoms in total. The van der Waals surface area contributed by atoms with Gasteiger partial charge in [-0.2, -0.15) is 8.78 Å². The van der Waals surface area contributed by atoms with Crippen LogP contribution in [0.3, 0.4) is 0 Å². The third-order valence-corrected chi connectivity index (χ3v) is 3.92. The molecule has 146 valence electrons. The Balaban J connectivity index is 1.97. The Morgan fingerprint density at radius 2 is 1.81 bits per heavy atom. The van der Waals surface area contributed by atoms with E-state index in [1.165, 1.54) is 17.2 Å². The summed E-state index contributed by atoms with van der Waals surface area (Å²) in [7, 11) is 1.69. The molecule has 0 aliphatic rings. The molecular formula is C20H25F2N3O2. The monoisotopic (exact) mass is 377 g/mol. The van der Waals surface area contributed by atoms with Gasteiger partial charge in [0.1, 0.15) is 0 Å². The highest BCUT2D eigenvalue weighted by Crippen LogP contribution is 2.29. The number of nitrogens with zero attached hydrogens (tertiary/aromatic N) is 1. The molecular weight excluding hydrogens is 352 g/mol. The fourth-order valence-electron chi connectivity index (χ4n) is 2.52. The third kappa shape index (κ3) is 6.44. The molecule has 2 aromatic carbocycles. The summed E-state index contributed by atoms with van der Waals surface area (Å²) in [4.78, 5) is 4.20. The van der Waals surface area contributed by atoms with Crippen LogP contribution in [0.25, 0.3) is 0 Å². The van der Waals surface area contributed by atoms with Crippen LogP contribution in [0, 0.1) is 6.92 Å². The van der Waals surface area contributed by atoms with Gasteiger partial charge in [0.05, 0.1) is 6.61 Å². The molecule has 0 aliphatic heterocycles. The topological polar surface area (TPSA) is 54.9 Å². The van der Waals surface area contributed by atoms with Gasteiger partial charge < -0.3 is 20.1 Å². The van der Waals surface area contributed by atoms with Crippen LogP contribution in [-0.2, 0) is 13.1 Å². The minimum absolute atomic E-state index is 0.0256. The summed E-state index contributed by atoms with van der Waals surface area (Å²) >= 11 is 0. The maximum atomic E-state index is 12.5. The average molecular weight is 377 g/mol. The predicted molar refractivity (Wildman–Crippen MR) is 102 cm³/mol. The summed E-state index contributed by atoms with van der Waals surface area (Å²) in [6.07, 6.45) is 0. The molecule has 2 N–H and O–H groups in total. The SMILES string of the molecule is CCOc1cc(CNC(=NC)NCc2ccccc2C)ccc1OC(F)F. The van der Waals surface area contributed by atoms with E-state index in [1.54, 1.807) is 26.1 Å². The molecule has 0 atom stereocenters. The van der Waals surface area contributed by atoms with E-state index in [4.69, 9.17) is 4.74 Å². The molecule has 0 saturated carbocycles. The smallest absolute Gasteiger partial charge is 0.387 e. The van der Waals surface area contributed by atoms with Gasteiger partial charge in [-0.05, 0) is 42.7 Å². The van der Waals surface area contributed by atoms with Crippen molar-refractivity contribution in [1.29, 1.82) is 0 Å². The Labute approximate surface area is 158 Å². The Kier molecular flexibility index (Phi) is 7.85. The van der Waals surface area contributed by atoms with Crippen molar-refractivity contribution in [3.8, 4) is 11.5 Å². The lowest BCUT2D eigenvalue weighted by Gasteiger charge is -2.15. The summed E-state index contributed by atoms with van der Waals surface area (Å²) in [5.74, 6) is 0.960. The van der Waals surface area contributed by atoms with Gasteiger partial charge >= 0.3 is 6.61 Å². The van der Waals surface area contributed by atoms with Crippen LogP contribution in [-0.4, -0.2) is 26.2 Å². The first-order chi connectivity index (χ1) is 13.0. The van der Waals surface area contributed by atoms with E-state index in [-0.39, 0.29) is 5.75 Å². The highest BCUT2D eigenvalue weighted by molar-refractivity contribution is 5.79. The zero-order valence-corrected chi connectivity index (χ0v) is 15.8. The van der Waals surface area contributed by atoms with Gasteiger partial charge in [0.2, 0.25) is 0 Å². The molecule has 0 aliphatic carbocycles. The lowest BCUT2D eigenvalue weighted by molar-refractivity contribution is -0.0514. The molecule has 0 heterocycles. The number of aliphatic imine (C=N–C) groups is 1. The van der Waals surface area contributed by atoms with E-state index in [0.29, 0.717) is 31.4 Å². The van der Waals surface area contributed by atoms with Crippen LogP contribution in [0.1, 0.15) is 23.6 Å². The average Bonchev–Trinajstić information content (AvgIpc) is 2.65. The van der Waals surface area contributed by atoms with Crippen molar-refractivity contribution in [2.24, 2.45) is 4.99 Å². The van der Waals surface area contributed by atoms with Gasteiger partial charge in [0.25, 0.3) is 0 Å². The van der Waals surface area contributed by atoms with Gasteiger partial charge in [0, 0.05) is 20.1 Å². The van der Waals surface area contributed by atoms with Crippen molar-refractivity contribution in [2.75, 3.05) is 13.7 Å². The number of ether oxygens (including phenoxy) is 2. The number of halogens is 2. The molecule has 0 radical (unpaired) electrons. The molecule has 2 aromatic rings. The summed E-state index contributed by atoms with van der Waals surface area (Å²) < 4.78 is 34.8. The molecule has 0 amide bonds. The second kappa shape index (κ2) is 10.4. The van der Waals surface area contributed by atoms with Crippen molar-refractivity contribution >= 4 is 5.96 Å². The molecule has 0 spiro atoms.